The fourth-order valence-corrected chi connectivity index (χ4v) is 4.54. The van der Waals surface area contributed by atoms with Gasteiger partial charge in [-0.2, -0.15) is 0 Å². The highest BCUT2D eigenvalue weighted by Crippen LogP contribution is 2.31. The van der Waals surface area contributed by atoms with E-state index >= 15 is 0 Å². The van der Waals surface area contributed by atoms with E-state index in [1.54, 1.807) is 12.1 Å². The second kappa shape index (κ2) is 10.4. The largest absolute Gasteiger partial charge is 0.485 e. The molecule has 3 aromatic carbocycles. The Morgan fingerprint density at radius 2 is 1.88 bits per heavy atom. The highest BCUT2D eigenvalue weighted by Gasteiger charge is 2.23. The standard InChI is InChI=1S/C27H29N2O3/c1-21-8-5-6-13-26(21)22-14-17-28(18-15-22)19-16-27(23-9-3-2-4-10-23)32-25-12-7-11-24(20-25)29(30)31/h2-7,9-13,20,22,27H,14-19H2,1H3/t27-/m1/s1. The molecular formula is C27H29N2O3. The predicted molar refractivity (Wildman–Crippen MR) is 126 cm³/mol. The number of nitro groups is 1. The molecule has 3 aromatic rings. The zero-order valence-electron chi connectivity index (χ0n) is 18.4. The zero-order chi connectivity index (χ0) is 22.3. The first-order chi connectivity index (χ1) is 15.6. The molecule has 1 fully saturated rings. The minimum Gasteiger partial charge on any atom is -0.485 e. The Hall–Kier alpha value is -3.18. The van der Waals surface area contributed by atoms with Gasteiger partial charge in [0.2, 0.25) is 0 Å². The molecule has 1 atom stereocenters. The molecule has 32 heavy (non-hydrogen) atoms. The Morgan fingerprint density at radius 3 is 2.59 bits per heavy atom. The highest BCUT2D eigenvalue weighted by atomic mass is 16.6. The fourth-order valence-electron chi connectivity index (χ4n) is 4.54. The van der Waals surface area contributed by atoms with Gasteiger partial charge in [0, 0.05) is 19.0 Å². The summed E-state index contributed by atoms with van der Waals surface area (Å²) in [7, 11) is 0. The Kier molecular flexibility index (Phi) is 7.17. The van der Waals surface area contributed by atoms with Crippen molar-refractivity contribution in [3.63, 3.8) is 0 Å². The van der Waals surface area contributed by atoms with E-state index in [2.05, 4.69) is 42.2 Å². The van der Waals surface area contributed by atoms with E-state index in [0.717, 1.165) is 44.5 Å². The predicted octanol–water partition coefficient (Wildman–Crippen LogP) is 6.09. The van der Waals surface area contributed by atoms with Crippen molar-refractivity contribution in [3.8, 4) is 5.75 Å². The average Bonchev–Trinajstić information content (AvgIpc) is 2.83. The third kappa shape index (κ3) is 5.54. The summed E-state index contributed by atoms with van der Waals surface area (Å²) in [5.41, 5.74) is 3.83. The van der Waals surface area contributed by atoms with Gasteiger partial charge in [0.15, 0.2) is 0 Å². The molecule has 0 N–H and O–H groups in total. The Balaban J connectivity index is 1.39. The molecule has 0 saturated carbocycles. The molecule has 5 nitrogen and oxygen atoms in total. The van der Waals surface area contributed by atoms with Gasteiger partial charge < -0.3 is 9.64 Å². The van der Waals surface area contributed by atoms with Crippen molar-refractivity contribution in [1.82, 2.24) is 4.90 Å². The number of piperidine rings is 1. The van der Waals surface area contributed by atoms with Crippen LogP contribution in [-0.4, -0.2) is 29.5 Å². The number of rotatable bonds is 8. The average molecular weight is 430 g/mol. The number of ether oxygens (including phenoxy) is 1. The van der Waals surface area contributed by atoms with Crippen molar-refractivity contribution >= 4 is 5.69 Å². The number of nitrogens with zero attached hydrogens (tertiary/aromatic N) is 2. The summed E-state index contributed by atoms with van der Waals surface area (Å²) in [5, 5.41) is 11.1. The second-order valence-corrected chi connectivity index (χ2v) is 8.43. The smallest absolute Gasteiger partial charge is 0.273 e. The topological polar surface area (TPSA) is 55.6 Å². The van der Waals surface area contributed by atoms with Crippen LogP contribution in [0.25, 0.3) is 0 Å². The van der Waals surface area contributed by atoms with Crippen LogP contribution in [0, 0.1) is 23.1 Å². The number of nitro benzene ring substituents is 1. The normalized spacial score (nSPS) is 15.9. The molecule has 165 valence electrons. The van der Waals surface area contributed by atoms with E-state index in [1.807, 2.05) is 24.3 Å². The third-order valence-electron chi connectivity index (χ3n) is 6.32. The van der Waals surface area contributed by atoms with Crippen molar-refractivity contribution in [2.24, 2.45) is 0 Å². The number of benzene rings is 3. The molecule has 0 spiro atoms. The number of likely N-dealkylation sites (tertiary alicyclic amines) is 1. The SMILES string of the molecule is Cc1[c]cccc1C1CCN(CC[C@@H](Oc2cccc([N+](=O)[O-])c2)c2ccccc2)CC1. The molecule has 0 unspecified atom stereocenters. The first-order valence-electron chi connectivity index (χ1n) is 11.3. The van der Waals surface area contributed by atoms with Crippen LogP contribution in [0.5, 0.6) is 5.75 Å². The van der Waals surface area contributed by atoms with Crippen LogP contribution in [0.2, 0.25) is 0 Å². The number of hydrogen-bond donors (Lipinski definition) is 0. The summed E-state index contributed by atoms with van der Waals surface area (Å²) in [5.74, 6) is 1.14. The van der Waals surface area contributed by atoms with Gasteiger partial charge in [-0.1, -0.05) is 54.6 Å². The lowest BCUT2D eigenvalue weighted by molar-refractivity contribution is -0.385. The van der Waals surface area contributed by atoms with Crippen molar-refractivity contribution in [2.45, 2.75) is 38.2 Å². The lowest BCUT2D eigenvalue weighted by Gasteiger charge is -2.33. The highest BCUT2D eigenvalue weighted by molar-refractivity contribution is 5.38. The molecule has 1 aliphatic heterocycles. The molecular weight excluding hydrogens is 400 g/mol. The lowest BCUT2D eigenvalue weighted by atomic mass is 9.87. The summed E-state index contributed by atoms with van der Waals surface area (Å²) in [6.45, 7) is 5.22. The van der Waals surface area contributed by atoms with Crippen LogP contribution < -0.4 is 4.74 Å². The summed E-state index contributed by atoms with van der Waals surface area (Å²) < 4.78 is 6.25. The minimum atomic E-state index is -0.388. The van der Waals surface area contributed by atoms with Gasteiger partial charge in [-0.25, -0.2) is 0 Å². The van der Waals surface area contributed by atoms with E-state index in [9.17, 15) is 10.1 Å². The second-order valence-electron chi connectivity index (χ2n) is 8.43. The van der Waals surface area contributed by atoms with Crippen molar-refractivity contribution < 1.29 is 9.66 Å². The number of hydrogen-bond acceptors (Lipinski definition) is 4. The molecule has 1 saturated heterocycles. The first-order valence-corrected chi connectivity index (χ1v) is 11.3. The fraction of sp³-hybridized carbons (Fsp3) is 0.333. The van der Waals surface area contributed by atoms with Gasteiger partial charge in [0.1, 0.15) is 11.9 Å². The Labute approximate surface area is 189 Å². The maximum absolute atomic E-state index is 11.1. The molecule has 0 amide bonds. The lowest BCUT2D eigenvalue weighted by Crippen LogP contribution is -2.34. The third-order valence-corrected chi connectivity index (χ3v) is 6.32. The van der Waals surface area contributed by atoms with Crippen LogP contribution in [0.3, 0.4) is 0 Å². The van der Waals surface area contributed by atoms with Crippen molar-refractivity contribution in [2.75, 3.05) is 19.6 Å². The van der Waals surface area contributed by atoms with E-state index in [1.165, 1.54) is 23.3 Å². The van der Waals surface area contributed by atoms with Gasteiger partial charge in [0.05, 0.1) is 11.0 Å². The van der Waals surface area contributed by atoms with Crippen LogP contribution >= 0.6 is 0 Å². The summed E-state index contributed by atoms with van der Waals surface area (Å²) >= 11 is 0. The van der Waals surface area contributed by atoms with Gasteiger partial charge in [-0.15, -0.1) is 0 Å². The Bertz CT molecular complexity index is 1030. The summed E-state index contributed by atoms with van der Waals surface area (Å²) in [6, 6.07) is 26.2. The van der Waals surface area contributed by atoms with Crippen molar-refractivity contribution in [1.29, 1.82) is 0 Å². The Morgan fingerprint density at radius 1 is 1.09 bits per heavy atom. The van der Waals surface area contributed by atoms with Crippen LogP contribution in [0.4, 0.5) is 5.69 Å². The van der Waals surface area contributed by atoms with Gasteiger partial charge in [-0.3, -0.25) is 10.1 Å². The summed E-state index contributed by atoms with van der Waals surface area (Å²) in [6.07, 6.45) is 2.98. The van der Waals surface area contributed by atoms with Crippen LogP contribution in [-0.2, 0) is 0 Å². The molecule has 1 radical (unpaired) electrons. The monoisotopic (exact) mass is 429 g/mol. The minimum absolute atomic E-state index is 0.0461. The molecule has 0 bridgehead atoms. The molecule has 0 aliphatic carbocycles. The molecule has 1 aliphatic rings. The zero-order valence-corrected chi connectivity index (χ0v) is 18.4. The van der Waals surface area contributed by atoms with Gasteiger partial charge in [-0.05, 0) is 67.6 Å². The van der Waals surface area contributed by atoms with E-state index in [-0.39, 0.29) is 16.7 Å². The number of non-ortho nitro benzene ring substituents is 1. The first kappa shape index (κ1) is 22.0. The molecule has 4 rings (SSSR count). The maximum atomic E-state index is 11.1. The number of aryl methyl sites for hydroxylation is 1. The van der Waals surface area contributed by atoms with E-state index < -0.39 is 0 Å². The molecule has 0 aromatic heterocycles. The van der Waals surface area contributed by atoms with Crippen LogP contribution in [0.1, 0.15) is 48.0 Å². The van der Waals surface area contributed by atoms with Gasteiger partial charge >= 0.3 is 0 Å². The van der Waals surface area contributed by atoms with E-state index in [0.29, 0.717) is 11.7 Å². The molecule has 1 heterocycles. The van der Waals surface area contributed by atoms with Crippen LogP contribution in [0.15, 0.2) is 72.8 Å². The summed E-state index contributed by atoms with van der Waals surface area (Å²) in [4.78, 5) is 13.2. The van der Waals surface area contributed by atoms with E-state index in [4.69, 9.17) is 4.74 Å². The van der Waals surface area contributed by atoms with Crippen molar-refractivity contribution in [3.05, 3.63) is 106 Å². The maximum Gasteiger partial charge on any atom is 0.273 e. The van der Waals surface area contributed by atoms with Gasteiger partial charge in [0.25, 0.3) is 5.69 Å². The molecule has 5 heteroatoms. The quantitative estimate of drug-likeness (QED) is 0.321.